The average Bonchev–Trinajstić information content (AvgIpc) is 3.21. The lowest BCUT2D eigenvalue weighted by atomic mass is 10.2. The quantitative estimate of drug-likeness (QED) is 0.890. The lowest BCUT2D eigenvalue weighted by Gasteiger charge is -2.24. The Labute approximate surface area is 109 Å². The maximum absolute atomic E-state index is 12.4. The molecule has 2 rings (SSSR count). The zero-order chi connectivity index (χ0) is 13.3. The maximum atomic E-state index is 12.4. The number of benzene rings is 1. The minimum absolute atomic E-state index is 0.0824. The molecule has 5 heteroatoms. The largest absolute Gasteiger partial charge is 0.388 e. The van der Waals surface area contributed by atoms with E-state index in [0.29, 0.717) is 10.8 Å². The van der Waals surface area contributed by atoms with Crippen molar-refractivity contribution >= 4 is 15.7 Å². The van der Waals surface area contributed by atoms with Crippen LogP contribution in [0.2, 0.25) is 0 Å². The van der Waals surface area contributed by atoms with Crippen LogP contribution >= 0.6 is 0 Å². The molecule has 18 heavy (non-hydrogen) atoms. The van der Waals surface area contributed by atoms with E-state index in [-0.39, 0.29) is 6.04 Å². The third kappa shape index (κ3) is 2.52. The molecule has 0 spiro atoms. The molecular formula is C13H20N2O2S. The number of nitrogens with zero attached hydrogens (tertiary/aromatic N) is 1. The summed E-state index contributed by atoms with van der Waals surface area (Å²) in [5, 5.41) is 2.98. The molecule has 1 aliphatic carbocycles. The Bertz CT molecular complexity index is 506. The van der Waals surface area contributed by atoms with Crippen LogP contribution in [0.5, 0.6) is 0 Å². The Hall–Kier alpha value is -1.07. The van der Waals surface area contributed by atoms with Crippen molar-refractivity contribution in [3.8, 4) is 0 Å². The predicted molar refractivity (Wildman–Crippen MR) is 73.1 cm³/mol. The average molecular weight is 268 g/mol. The molecule has 1 aromatic carbocycles. The summed E-state index contributed by atoms with van der Waals surface area (Å²) in [7, 11) is 0.119. The van der Waals surface area contributed by atoms with Gasteiger partial charge in [-0.3, -0.25) is 0 Å². The topological polar surface area (TPSA) is 49.4 Å². The van der Waals surface area contributed by atoms with Crippen molar-refractivity contribution < 1.29 is 8.42 Å². The molecule has 0 heterocycles. The minimum atomic E-state index is -3.36. The molecule has 0 saturated heterocycles. The fourth-order valence-electron chi connectivity index (χ4n) is 2.05. The van der Waals surface area contributed by atoms with E-state index >= 15 is 0 Å². The Morgan fingerprint density at radius 2 is 1.83 bits per heavy atom. The molecule has 0 radical (unpaired) electrons. The van der Waals surface area contributed by atoms with E-state index in [4.69, 9.17) is 0 Å². The Morgan fingerprint density at radius 3 is 2.28 bits per heavy atom. The van der Waals surface area contributed by atoms with Crippen molar-refractivity contribution in [3.05, 3.63) is 24.3 Å². The first kappa shape index (κ1) is 13.4. The molecule has 1 unspecified atom stereocenters. The highest BCUT2D eigenvalue weighted by atomic mass is 32.2. The molecule has 1 aromatic rings. The zero-order valence-electron chi connectivity index (χ0n) is 11.1. The van der Waals surface area contributed by atoms with E-state index in [9.17, 15) is 8.42 Å². The second-order valence-electron chi connectivity index (χ2n) is 4.87. The molecule has 1 atom stereocenters. The number of sulfonamides is 1. The summed E-state index contributed by atoms with van der Waals surface area (Å²) in [6.07, 6.45) is 2.28. The molecule has 0 bridgehead atoms. The van der Waals surface area contributed by atoms with Gasteiger partial charge in [0.25, 0.3) is 0 Å². The first-order valence-corrected chi connectivity index (χ1v) is 7.66. The highest BCUT2D eigenvalue weighted by Crippen LogP contribution is 2.36. The smallest absolute Gasteiger partial charge is 0.243 e. The van der Waals surface area contributed by atoms with E-state index in [1.165, 1.54) is 4.31 Å². The molecule has 0 aromatic heterocycles. The van der Waals surface area contributed by atoms with Crippen LogP contribution in [0.1, 0.15) is 19.8 Å². The van der Waals surface area contributed by atoms with Gasteiger partial charge in [0.2, 0.25) is 10.0 Å². The molecular weight excluding hydrogens is 248 g/mol. The summed E-state index contributed by atoms with van der Waals surface area (Å²) in [4.78, 5) is 0.358. The number of nitrogens with one attached hydrogen (secondary N) is 1. The predicted octanol–water partition coefficient (Wildman–Crippen LogP) is 2.15. The summed E-state index contributed by atoms with van der Waals surface area (Å²) in [5.41, 5.74) is 0.909. The van der Waals surface area contributed by atoms with Crippen LogP contribution in [-0.4, -0.2) is 32.9 Å². The molecule has 1 aliphatic rings. The van der Waals surface area contributed by atoms with Crippen LogP contribution < -0.4 is 5.32 Å². The van der Waals surface area contributed by atoms with Gasteiger partial charge >= 0.3 is 0 Å². The van der Waals surface area contributed by atoms with E-state index in [2.05, 4.69) is 5.32 Å². The fourth-order valence-corrected chi connectivity index (χ4v) is 3.48. The summed E-state index contributed by atoms with van der Waals surface area (Å²) in [6.45, 7) is 1.98. The van der Waals surface area contributed by atoms with Crippen molar-refractivity contribution in [2.45, 2.75) is 30.7 Å². The Balaban J connectivity index is 2.23. The summed E-state index contributed by atoms with van der Waals surface area (Å²) >= 11 is 0. The van der Waals surface area contributed by atoms with Gasteiger partial charge < -0.3 is 5.32 Å². The lowest BCUT2D eigenvalue weighted by molar-refractivity contribution is 0.357. The van der Waals surface area contributed by atoms with Crippen molar-refractivity contribution in [2.75, 3.05) is 19.4 Å². The lowest BCUT2D eigenvalue weighted by Crippen LogP contribution is -2.36. The molecule has 1 N–H and O–H groups in total. The first-order chi connectivity index (χ1) is 8.46. The number of rotatable bonds is 5. The summed E-state index contributed by atoms with van der Waals surface area (Å²) in [5.74, 6) is 0.529. The van der Waals surface area contributed by atoms with Crippen LogP contribution in [0.25, 0.3) is 0 Å². The van der Waals surface area contributed by atoms with Crippen molar-refractivity contribution in [2.24, 2.45) is 5.92 Å². The zero-order valence-corrected chi connectivity index (χ0v) is 11.9. The second kappa shape index (κ2) is 4.90. The Morgan fingerprint density at radius 1 is 1.28 bits per heavy atom. The van der Waals surface area contributed by atoms with Gasteiger partial charge in [0, 0.05) is 25.8 Å². The Kier molecular flexibility index (Phi) is 3.64. The van der Waals surface area contributed by atoms with Gasteiger partial charge in [0.15, 0.2) is 0 Å². The van der Waals surface area contributed by atoms with E-state index in [1.54, 1.807) is 31.3 Å². The van der Waals surface area contributed by atoms with Crippen molar-refractivity contribution in [1.82, 2.24) is 4.31 Å². The summed E-state index contributed by atoms with van der Waals surface area (Å²) in [6, 6.07) is 6.94. The number of hydrogen-bond acceptors (Lipinski definition) is 3. The third-order valence-electron chi connectivity index (χ3n) is 3.70. The SMILES string of the molecule is CNc1ccc(S(=O)(=O)N(C)C(C)C2CC2)cc1. The first-order valence-electron chi connectivity index (χ1n) is 6.22. The van der Waals surface area contributed by atoms with Crippen LogP contribution in [0.15, 0.2) is 29.2 Å². The molecule has 0 amide bonds. The second-order valence-corrected chi connectivity index (χ2v) is 6.87. The molecule has 100 valence electrons. The summed E-state index contributed by atoms with van der Waals surface area (Å²) < 4.78 is 26.3. The van der Waals surface area contributed by atoms with Crippen molar-refractivity contribution in [3.63, 3.8) is 0 Å². The monoisotopic (exact) mass is 268 g/mol. The van der Waals surface area contributed by atoms with Gasteiger partial charge in [-0.05, 0) is 49.9 Å². The third-order valence-corrected chi connectivity index (χ3v) is 5.66. The standard InChI is InChI=1S/C13H20N2O2S/c1-10(11-4-5-11)15(3)18(16,17)13-8-6-12(14-2)7-9-13/h6-11,14H,4-5H2,1-3H3. The van der Waals surface area contributed by atoms with E-state index in [0.717, 1.165) is 18.5 Å². The molecule has 4 nitrogen and oxygen atoms in total. The highest BCUT2D eigenvalue weighted by Gasteiger charge is 2.35. The molecule has 0 aliphatic heterocycles. The van der Waals surface area contributed by atoms with Gasteiger partial charge in [-0.1, -0.05) is 0 Å². The van der Waals surface area contributed by atoms with Crippen LogP contribution in [0.4, 0.5) is 5.69 Å². The van der Waals surface area contributed by atoms with E-state index < -0.39 is 10.0 Å². The van der Waals surface area contributed by atoms with Gasteiger partial charge in [-0.2, -0.15) is 4.31 Å². The van der Waals surface area contributed by atoms with Crippen LogP contribution in [-0.2, 0) is 10.0 Å². The molecule has 1 fully saturated rings. The van der Waals surface area contributed by atoms with Gasteiger partial charge in [0.1, 0.15) is 0 Å². The maximum Gasteiger partial charge on any atom is 0.243 e. The van der Waals surface area contributed by atoms with Gasteiger partial charge in [-0.25, -0.2) is 8.42 Å². The van der Waals surface area contributed by atoms with Gasteiger partial charge in [0.05, 0.1) is 4.90 Å². The van der Waals surface area contributed by atoms with E-state index in [1.807, 2.05) is 14.0 Å². The fraction of sp³-hybridized carbons (Fsp3) is 0.538. The van der Waals surface area contributed by atoms with Crippen LogP contribution in [0.3, 0.4) is 0 Å². The minimum Gasteiger partial charge on any atom is -0.388 e. The molecule has 1 saturated carbocycles. The highest BCUT2D eigenvalue weighted by molar-refractivity contribution is 7.89. The van der Waals surface area contributed by atoms with Crippen LogP contribution in [0, 0.1) is 5.92 Å². The van der Waals surface area contributed by atoms with Gasteiger partial charge in [-0.15, -0.1) is 0 Å². The number of anilines is 1. The normalized spacial score (nSPS) is 17.8. The van der Waals surface area contributed by atoms with Crippen molar-refractivity contribution in [1.29, 1.82) is 0 Å². The number of hydrogen-bond donors (Lipinski definition) is 1.